The number of hydrogen-bond donors (Lipinski definition) is 0. The molecule has 0 heterocycles. The third kappa shape index (κ3) is 3.60. The SMILES string of the molecule is O=[P+](Oc1ccccc1)c1ccccc1.[H-].[H-].[Mg+2]. The van der Waals surface area contributed by atoms with Crippen molar-refractivity contribution in [2.24, 2.45) is 0 Å². The van der Waals surface area contributed by atoms with Crippen LogP contribution in [0.25, 0.3) is 0 Å². The Morgan fingerprint density at radius 1 is 0.875 bits per heavy atom. The van der Waals surface area contributed by atoms with Crippen molar-refractivity contribution in [2.45, 2.75) is 0 Å². The van der Waals surface area contributed by atoms with Gasteiger partial charge in [0.15, 0.2) is 5.75 Å². The van der Waals surface area contributed by atoms with Gasteiger partial charge in [-0.05, 0) is 28.8 Å². The van der Waals surface area contributed by atoms with Crippen LogP contribution in [0, 0.1) is 0 Å². The van der Waals surface area contributed by atoms with Gasteiger partial charge in [0.2, 0.25) is 5.30 Å². The van der Waals surface area contributed by atoms with Crippen molar-refractivity contribution < 1.29 is 11.9 Å². The average Bonchev–Trinajstić information content (AvgIpc) is 2.31. The van der Waals surface area contributed by atoms with Crippen molar-refractivity contribution in [3.8, 4) is 5.75 Å². The molecule has 0 N–H and O–H groups in total. The van der Waals surface area contributed by atoms with Gasteiger partial charge < -0.3 is 2.85 Å². The number of para-hydroxylation sites is 1. The van der Waals surface area contributed by atoms with E-state index in [0.29, 0.717) is 11.1 Å². The zero-order valence-electron chi connectivity index (χ0n) is 10.7. The first-order valence-corrected chi connectivity index (χ1v) is 5.79. The van der Waals surface area contributed by atoms with E-state index in [1.807, 2.05) is 36.4 Å². The van der Waals surface area contributed by atoms with Crippen LogP contribution in [0.15, 0.2) is 60.7 Å². The monoisotopic (exact) mass is 243 g/mol. The molecule has 78 valence electrons. The molecule has 0 aliphatic carbocycles. The fraction of sp³-hybridized carbons (Fsp3) is 0. The second-order valence-electron chi connectivity index (χ2n) is 3.00. The van der Waals surface area contributed by atoms with Gasteiger partial charge in [0.05, 0.1) is 0 Å². The Morgan fingerprint density at radius 2 is 1.38 bits per heavy atom. The summed E-state index contributed by atoms with van der Waals surface area (Å²) < 4.78 is 17.0. The molecule has 2 aromatic rings. The maximum atomic E-state index is 11.7. The van der Waals surface area contributed by atoms with E-state index in [-0.39, 0.29) is 25.9 Å². The molecule has 0 radical (unpaired) electrons. The van der Waals surface area contributed by atoms with Crippen LogP contribution in [0.5, 0.6) is 5.75 Å². The molecular formula is C12H12MgO2P+. The molecule has 0 saturated heterocycles. The first-order valence-electron chi connectivity index (χ1n) is 4.61. The van der Waals surface area contributed by atoms with Crippen molar-refractivity contribution in [1.29, 1.82) is 0 Å². The van der Waals surface area contributed by atoms with Crippen molar-refractivity contribution in [3.63, 3.8) is 0 Å². The van der Waals surface area contributed by atoms with E-state index in [9.17, 15) is 4.57 Å². The third-order valence-electron chi connectivity index (χ3n) is 1.90. The van der Waals surface area contributed by atoms with Gasteiger partial charge in [-0.25, -0.2) is 0 Å². The maximum Gasteiger partial charge on any atom is 2.00 e. The smallest absolute Gasteiger partial charge is 1.00 e. The Morgan fingerprint density at radius 3 is 1.94 bits per heavy atom. The van der Waals surface area contributed by atoms with Gasteiger partial charge in [0.1, 0.15) is 0 Å². The summed E-state index contributed by atoms with van der Waals surface area (Å²) >= 11 is 0. The number of rotatable bonds is 3. The topological polar surface area (TPSA) is 26.3 Å². The molecule has 0 aromatic heterocycles. The van der Waals surface area contributed by atoms with Crippen LogP contribution >= 0.6 is 8.03 Å². The molecule has 0 aliphatic heterocycles. The summed E-state index contributed by atoms with van der Waals surface area (Å²) in [5, 5.41) is 0.705. The summed E-state index contributed by atoms with van der Waals surface area (Å²) in [6.07, 6.45) is 0. The average molecular weight is 244 g/mol. The molecule has 0 spiro atoms. The predicted molar refractivity (Wildman–Crippen MR) is 68.7 cm³/mol. The third-order valence-corrected chi connectivity index (χ3v) is 2.99. The fourth-order valence-electron chi connectivity index (χ4n) is 1.18. The van der Waals surface area contributed by atoms with Crippen LogP contribution in [-0.2, 0) is 4.57 Å². The van der Waals surface area contributed by atoms with Crippen LogP contribution in [0.4, 0.5) is 0 Å². The molecule has 2 rings (SSSR count). The van der Waals surface area contributed by atoms with Gasteiger partial charge in [0, 0.05) is 0 Å². The zero-order chi connectivity index (χ0) is 10.5. The van der Waals surface area contributed by atoms with E-state index in [4.69, 9.17) is 4.52 Å². The standard InChI is InChI=1S/C12H10O2P.Mg.2H/c13-15(12-9-5-2-6-10-12)14-11-7-3-1-4-8-11;;;/h1-10H;;;/q+1;+2;2*-1. The first-order chi connectivity index (χ1) is 7.36. The van der Waals surface area contributed by atoms with Crippen molar-refractivity contribution in [2.75, 3.05) is 0 Å². The Balaban J connectivity index is 0. The Kier molecular flexibility index (Phi) is 5.46. The van der Waals surface area contributed by atoms with Gasteiger partial charge in [-0.1, -0.05) is 36.4 Å². The molecule has 0 fully saturated rings. The molecule has 0 aliphatic rings. The summed E-state index contributed by atoms with van der Waals surface area (Å²) in [4.78, 5) is 0. The first kappa shape index (κ1) is 13.2. The molecule has 16 heavy (non-hydrogen) atoms. The summed E-state index contributed by atoms with van der Waals surface area (Å²) in [5.41, 5.74) is 0. The Hall–Kier alpha value is -0.894. The molecular weight excluding hydrogens is 231 g/mol. The summed E-state index contributed by atoms with van der Waals surface area (Å²) in [7, 11) is -1.80. The van der Waals surface area contributed by atoms with Gasteiger partial charge in [0.25, 0.3) is 0 Å². The van der Waals surface area contributed by atoms with Gasteiger partial charge >= 0.3 is 31.1 Å². The van der Waals surface area contributed by atoms with Crippen LogP contribution in [-0.4, -0.2) is 23.1 Å². The van der Waals surface area contributed by atoms with Gasteiger partial charge in [-0.3, -0.25) is 4.52 Å². The van der Waals surface area contributed by atoms with E-state index in [1.54, 1.807) is 24.3 Å². The van der Waals surface area contributed by atoms with E-state index >= 15 is 0 Å². The van der Waals surface area contributed by atoms with Crippen LogP contribution in [0.3, 0.4) is 0 Å². The molecule has 1 unspecified atom stereocenters. The van der Waals surface area contributed by atoms with Crippen molar-refractivity contribution in [1.82, 2.24) is 0 Å². The van der Waals surface area contributed by atoms with Crippen molar-refractivity contribution >= 4 is 36.4 Å². The largest absolute Gasteiger partial charge is 2.00 e. The van der Waals surface area contributed by atoms with Crippen molar-refractivity contribution in [3.05, 3.63) is 60.7 Å². The number of hydrogen-bond acceptors (Lipinski definition) is 2. The van der Waals surface area contributed by atoms with Gasteiger partial charge in [-0.15, -0.1) is 0 Å². The molecule has 0 amide bonds. The summed E-state index contributed by atoms with van der Waals surface area (Å²) in [5.74, 6) is 0.627. The van der Waals surface area contributed by atoms with E-state index in [1.165, 1.54) is 0 Å². The summed E-state index contributed by atoms with van der Waals surface area (Å²) in [6, 6.07) is 18.3. The minimum absolute atomic E-state index is 0. The second-order valence-corrected chi connectivity index (χ2v) is 4.21. The minimum atomic E-state index is -1.80. The predicted octanol–water partition coefficient (Wildman–Crippen LogP) is 2.98. The van der Waals surface area contributed by atoms with Crippen LogP contribution in [0.2, 0.25) is 0 Å². The second kappa shape index (κ2) is 6.64. The van der Waals surface area contributed by atoms with E-state index in [2.05, 4.69) is 0 Å². The number of benzene rings is 2. The molecule has 0 saturated carbocycles. The molecule has 2 nitrogen and oxygen atoms in total. The summed E-state index contributed by atoms with van der Waals surface area (Å²) in [6.45, 7) is 0. The van der Waals surface area contributed by atoms with E-state index in [0.717, 1.165) is 0 Å². The quantitative estimate of drug-likeness (QED) is 0.612. The van der Waals surface area contributed by atoms with E-state index < -0.39 is 8.03 Å². The zero-order valence-corrected chi connectivity index (χ0v) is 11.1. The Bertz CT molecular complexity index is 454. The van der Waals surface area contributed by atoms with Gasteiger partial charge in [-0.2, -0.15) is 0 Å². The molecule has 1 atom stereocenters. The fourth-order valence-corrected chi connectivity index (χ4v) is 2.01. The molecule has 0 bridgehead atoms. The minimum Gasteiger partial charge on any atom is -1.00 e. The van der Waals surface area contributed by atoms with Crippen LogP contribution in [0.1, 0.15) is 2.85 Å². The van der Waals surface area contributed by atoms with Crippen LogP contribution < -0.4 is 9.83 Å². The maximum absolute atomic E-state index is 11.7. The molecule has 2 aromatic carbocycles. The molecule has 4 heteroatoms. The Labute approximate surface area is 115 Å². The normalized spacial score (nSPS) is 10.1.